The van der Waals surface area contributed by atoms with Gasteiger partial charge in [0.25, 0.3) is 10.2 Å². The van der Waals surface area contributed by atoms with Crippen molar-refractivity contribution in [1.82, 2.24) is 9.03 Å². The van der Waals surface area contributed by atoms with Gasteiger partial charge >= 0.3 is 0 Å². The summed E-state index contributed by atoms with van der Waals surface area (Å²) in [4.78, 5) is 0. The Morgan fingerprint density at radius 1 is 1.30 bits per heavy atom. The van der Waals surface area contributed by atoms with Crippen LogP contribution >= 0.6 is 0 Å². The summed E-state index contributed by atoms with van der Waals surface area (Å²) in [6.45, 7) is 3.26. The van der Waals surface area contributed by atoms with Gasteiger partial charge in [-0.25, -0.2) is 0 Å². The molecule has 1 unspecified atom stereocenters. The lowest BCUT2D eigenvalue weighted by molar-refractivity contribution is 0.254. The zero-order valence-corrected chi connectivity index (χ0v) is 12.7. The zero-order chi connectivity index (χ0) is 14.6. The van der Waals surface area contributed by atoms with Crippen molar-refractivity contribution >= 4 is 10.2 Å². The Morgan fingerprint density at radius 2 is 2.00 bits per heavy atom. The van der Waals surface area contributed by atoms with Gasteiger partial charge in [0.05, 0.1) is 0 Å². The van der Waals surface area contributed by atoms with E-state index in [1.807, 2.05) is 31.2 Å². The maximum Gasteiger partial charge on any atom is 0.280 e. The van der Waals surface area contributed by atoms with Gasteiger partial charge < -0.3 is 5.73 Å². The lowest BCUT2D eigenvalue weighted by Gasteiger charge is -2.33. The van der Waals surface area contributed by atoms with E-state index in [1.54, 1.807) is 0 Å². The van der Waals surface area contributed by atoms with Crippen LogP contribution in [0.15, 0.2) is 24.3 Å². The average molecular weight is 297 g/mol. The first-order chi connectivity index (χ1) is 9.53. The standard InChI is InChI=1S/C14H23N3O2S/c1-12-5-7-13(8-6-12)11-16-20(18,19)17-9-3-2-4-14(17)10-15/h5-8,14,16H,2-4,9-11,15H2,1H3. The van der Waals surface area contributed by atoms with Crippen molar-refractivity contribution in [3.8, 4) is 0 Å². The highest BCUT2D eigenvalue weighted by atomic mass is 32.2. The molecule has 3 N–H and O–H groups in total. The molecule has 0 radical (unpaired) electrons. The lowest BCUT2D eigenvalue weighted by Crippen LogP contribution is -2.51. The van der Waals surface area contributed by atoms with Gasteiger partial charge in [-0.2, -0.15) is 17.4 Å². The van der Waals surface area contributed by atoms with Crippen LogP contribution in [0.3, 0.4) is 0 Å². The van der Waals surface area contributed by atoms with Crippen LogP contribution in [0.5, 0.6) is 0 Å². The zero-order valence-electron chi connectivity index (χ0n) is 11.9. The smallest absolute Gasteiger partial charge is 0.280 e. The fourth-order valence-electron chi connectivity index (χ4n) is 2.49. The van der Waals surface area contributed by atoms with Crippen LogP contribution in [0.2, 0.25) is 0 Å². The van der Waals surface area contributed by atoms with Gasteiger partial charge in [0, 0.05) is 25.7 Å². The largest absolute Gasteiger partial charge is 0.329 e. The molecule has 0 aliphatic carbocycles. The molecular formula is C14H23N3O2S. The Bertz CT molecular complexity index is 528. The van der Waals surface area contributed by atoms with Crippen LogP contribution in [0.1, 0.15) is 30.4 Å². The van der Waals surface area contributed by atoms with Crippen LogP contribution in [-0.2, 0) is 16.8 Å². The van der Waals surface area contributed by atoms with Crippen LogP contribution in [-0.4, -0.2) is 31.9 Å². The second-order valence-electron chi connectivity index (χ2n) is 5.31. The molecule has 1 heterocycles. The number of piperidine rings is 1. The molecule has 1 aliphatic heterocycles. The van der Waals surface area contributed by atoms with E-state index >= 15 is 0 Å². The highest BCUT2D eigenvalue weighted by molar-refractivity contribution is 7.87. The van der Waals surface area contributed by atoms with Gasteiger partial charge in [-0.15, -0.1) is 0 Å². The van der Waals surface area contributed by atoms with E-state index < -0.39 is 10.2 Å². The first-order valence-electron chi connectivity index (χ1n) is 7.05. The number of nitrogens with one attached hydrogen (secondary N) is 1. The molecular weight excluding hydrogens is 274 g/mol. The second-order valence-corrected chi connectivity index (χ2v) is 7.02. The van der Waals surface area contributed by atoms with E-state index in [0.717, 1.165) is 30.4 Å². The molecule has 20 heavy (non-hydrogen) atoms. The molecule has 5 nitrogen and oxygen atoms in total. The minimum absolute atomic E-state index is 0.0701. The number of aryl methyl sites for hydroxylation is 1. The minimum Gasteiger partial charge on any atom is -0.329 e. The predicted octanol–water partition coefficient (Wildman–Crippen LogP) is 1.14. The summed E-state index contributed by atoms with van der Waals surface area (Å²) in [5, 5.41) is 0. The van der Waals surface area contributed by atoms with Crippen LogP contribution in [0, 0.1) is 6.92 Å². The van der Waals surface area contributed by atoms with Gasteiger partial charge in [-0.1, -0.05) is 36.2 Å². The molecule has 1 saturated heterocycles. The molecule has 0 spiro atoms. The number of hydrogen-bond donors (Lipinski definition) is 2. The number of hydrogen-bond acceptors (Lipinski definition) is 3. The third-order valence-electron chi connectivity index (χ3n) is 3.73. The lowest BCUT2D eigenvalue weighted by atomic mass is 10.1. The highest BCUT2D eigenvalue weighted by Crippen LogP contribution is 2.19. The van der Waals surface area contributed by atoms with E-state index in [9.17, 15) is 8.42 Å². The Balaban J connectivity index is 2.01. The highest BCUT2D eigenvalue weighted by Gasteiger charge is 2.30. The molecule has 2 rings (SSSR count). The predicted molar refractivity (Wildman–Crippen MR) is 80.3 cm³/mol. The Kier molecular flexibility index (Phi) is 5.15. The molecule has 0 saturated carbocycles. The first kappa shape index (κ1) is 15.4. The summed E-state index contributed by atoms with van der Waals surface area (Å²) in [5.74, 6) is 0. The van der Waals surface area contributed by atoms with E-state index in [0.29, 0.717) is 19.6 Å². The number of nitrogens with zero attached hydrogens (tertiary/aromatic N) is 1. The Hall–Kier alpha value is -0.950. The van der Waals surface area contributed by atoms with Crippen molar-refractivity contribution in [3.05, 3.63) is 35.4 Å². The van der Waals surface area contributed by atoms with Crippen molar-refractivity contribution in [1.29, 1.82) is 0 Å². The fourth-order valence-corrected chi connectivity index (χ4v) is 3.96. The summed E-state index contributed by atoms with van der Waals surface area (Å²) in [6, 6.07) is 7.77. The van der Waals surface area contributed by atoms with Crippen molar-refractivity contribution in [2.45, 2.75) is 38.8 Å². The number of rotatable bonds is 5. The van der Waals surface area contributed by atoms with Gasteiger partial charge in [-0.05, 0) is 25.3 Å². The molecule has 6 heteroatoms. The molecule has 0 bridgehead atoms. The average Bonchev–Trinajstić information content (AvgIpc) is 2.46. The van der Waals surface area contributed by atoms with Crippen molar-refractivity contribution in [2.75, 3.05) is 13.1 Å². The van der Waals surface area contributed by atoms with Gasteiger partial charge in [0.2, 0.25) is 0 Å². The van der Waals surface area contributed by atoms with E-state index in [-0.39, 0.29) is 6.04 Å². The van der Waals surface area contributed by atoms with E-state index in [1.165, 1.54) is 4.31 Å². The molecule has 112 valence electrons. The normalized spacial score (nSPS) is 21.0. The van der Waals surface area contributed by atoms with Gasteiger partial charge in [0.1, 0.15) is 0 Å². The molecule has 1 atom stereocenters. The SMILES string of the molecule is Cc1ccc(CNS(=O)(=O)N2CCCCC2CN)cc1. The molecule has 0 amide bonds. The maximum absolute atomic E-state index is 12.4. The maximum atomic E-state index is 12.4. The molecule has 1 aromatic carbocycles. The molecule has 1 fully saturated rings. The van der Waals surface area contributed by atoms with Crippen molar-refractivity contribution in [3.63, 3.8) is 0 Å². The monoisotopic (exact) mass is 297 g/mol. The quantitative estimate of drug-likeness (QED) is 0.856. The number of benzene rings is 1. The number of nitrogens with two attached hydrogens (primary N) is 1. The third kappa shape index (κ3) is 3.79. The molecule has 0 aromatic heterocycles. The topological polar surface area (TPSA) is 75.4 Å². The summed E-state index contributed by atoms with van der Waals surface area (Å²) in [5.41, 5.74) is 7.80. The molecule has 1 aromatic rings. The minimum atomic E-state index is -3.45. The second kappa shape index (κ2) is 6.67. The van der Waals surface area contributed by atoms with Gasteiger partial charge in [-0.3, -0.25) is 0 Å². The van der Waals surface area contributed by atoms with E-state index in [2.05, 4.69) is 4.72 Å². The summed E-state index contributed by atoms with van der Waals surface area (Å²) < 4.78 is 28.9. The summed E-state index contributed by atoms with van der Waals surface area (Å²) in [7, 11) is -3.45. The molecule has 1 aliphatic rings. The van der Waals surface area contributed by atoms with Gasteiger partial charge in [0.15, 0.2) is 0 Å². The van der Waals surface area contributed by atoms with Crippen LogP contribution in [0.4, 0.5) is 0 Å². The summed E-state index contributed by atoms with van der Waals surface area (Å²) >= 11 is 0. The van der Waals surface area contributed by atoms with Crippen molar-refractivity contribution < 1.29 is 8.42 Å². The summed E-state index contributed by atoms with van der Waals surface area (Å²) in [6.07, 6.45) is 2.80. The Labute approximate surface area is 121 Å². The van der Waals surface area contributed by atoms with Crippen LogP contribution in [0.25, 0.3) is 0 Å². The fraction of sp³-hybridized carbons (Fsp3) is 0.571. The van der Waals surface area contributed by atoms with Crippen molar-refractivity contribution in [2.24, 2.45) is 5.73 Å². The Morgan fingerprint density at radius 3 is 2.65 bits per heavy atom. The van der Waals surface area contributed by atoms with E-state index in [4.69, 9.17) is 5.73 Å². The van der Waals surface area contributed by atoms with Crippen LogP contribution < -0.4 is 10.5 Å². The first-order valence-corrected chi connectivity index (χ1v) is 8.49. The third-order valence-corrected chi connectivity index (χ3v) is 5.34.